The molecule has 1 saturated carbocycles. The first-order chi connectivity index (χ1) is 9.16. The smallest absolute Gasteiger partial charge is 0.320 e. The van der Waals surface area contributed by atoms with Crippen LogP contribution >= 0.6 is 22.9 Å². The third kappa shape index (κ3) is 2.54. The molecule has 0 amide bonds. The number of hydrogen-bond acceptors (Lipinski definition) is 3. The number of fused-ring (bicyclic) bond motifs is 1. The molecule has 3 rings (SSSR count). The van der Waals surface area contributed by atoms with Crippen LogP contribution < -0.4 is 0 Å². The summed E-state index contributed by atoms with van der Waals surface area (Å²) in [7, 11) is 0. The highest BCUT2D eigenvalue weighted by Gasteiger charge is 2.45. The molecule has 0 bridgehead atoms. The SMILES string of the molecule is O=C(O)C1CC2CCCCC2N1Cc1sccc1Cl. The van der Waals surface area contributed by atoms with Crippen molar-refractivity contribution in [2.75, 3.05) is 0 Å². The number of hydrogen-bond donors (Lipinski definition) is 1. The van der Waals surface area contributed by atoms with Crippen molar-refractivity contribution in [1.82, 2.24) is 4.90 Å². The Bertz CT molecular complexity index is 476. The minimum atomic E-state index is -0.679. The van der Waals surface area contributed by atoms with Crippen molar-refractivity contribution in [3.05, 3.63) is 21.3 Å². The van der Waals surface area contributed by atoms with Gasteiger partial charge in [-0.3, -0.25) is 9.69 Å². The van der Waals surface area contributed by atoms with Crippen molar-refractivity contribution in [3.8, 4) is 0 Å². The number of halogens is 1. The van der Waals surface area contributed by atoms with Gasteiger partial charge in [0.1, 0.15) is 6.04 Å². The molecule has 2 fully saturated rings. The third-order valence-electron chi connectivity index (χ3n) is 4.52. The fourth-order valence-corrected chi connectivity index (χ4v) is 4.73. The molecule has 3 nitrogen and oxygen atoms in total. The zero-order valence-corrected chi connectivity index (χ0v) is 12.3. The molecule has 1 aliphatic heterocycles. The van der Waals surface area contributed by atoms with Gasteiger partial charge in [0.2, 0.25) is 0 Å². The summed E-state index contributed by atoms with van der Waals surface area (Å²) in [6.07, 6.45) is 5.60. The van der Waals surface area contributed by atoms with Gasteiger partial charge in [-0.05, 0) is 36.6 Å². The summed E-state index contributed by atoms with van der Waals surface area (Å²) in [4.78, 5) is 14.8. The normalized spacial score (nSPS) is 31.3. The Kier molecular flexibility index (Phi) is 3.83. The summed E-state index contributed by atoms with van der Waals surface area (Å²) in [5, 5.41) is 12.2. The Morgan fingerprint density at radius 2 is 2.26 bits per heavy atom. The number of thiophene rings is 1. The number of carboxylic acids is 1. The van der Waals surface area contributed by atoms with Gasteiger partial charge in [0, 0.05) is 17.5 Å². The number of nitrogens with zero attached hydrogens (tertiary/aromatic N) is 1. The van der Waals surface area contributed by atoms with E-state index in [1.54, 1.807) is 11.3 Å². The monoisotopic (exact) mass is 299 g/mol. The zero-order chi connectivity index (χ0) is 13.4. The molecule has 5 heteroatoms. The van der Waals surface area contributed by atoms with E-state index in [9.17, 15) is 9.90 Å². The van der Waals surface area contributed by atoms with Crippen LogP contribution in [-0.4, -0.2) is 28.1 Å². The largest absolute Gasteiger partial charge is 0.480 e. The lowest BCUT2D eigenvalue weighted by molar-refractivity contribution is -0.142. The van der Waals surface area contributed by atoms with Gasteiger partial charge >= 0.3 is 5.97 Å². The molecule has 19 heavy (non-hydrogen) atoms. The first-order valence-corrected chi connectivity index (χ1v) is 8.13. The zero-order valence-electron chi connectivity index (χ0n) is 10.7. The molecule has 104 valence electrons. The minimum Gasteiger partial charge on any atom is -0.480 e. The van der Waals surface area contributed by atoms with E-state index in [4.69, 9.17) is 11.6 Å². The molecule has 0 spiro atoms. The standard InChI is InChI=1S/C14H18ClNO2S/c15-10-5-6-19-13(10)8-16-11-4-2-1-3-9(11)7-12(16)14(17)18/h5-6,9,11-12H,1-4,7-8H2,(H,17,18). The van der Waals surface area contributed by atoms with Crippen LogP contribution in [0.15, 0.2) is 11.4 Å². The average Bonchev–Trinajstić information content (AvgIpc) is 2.95. The van der Waals surface area contributed by atoms with Crippen LogP contribution in [0.5, 0.6) is 0 Å². The first kappa shape index (κ1) is 13.4. The molecule has 2 aliphatic rings. The van der Waals surface area contributed by atoms with Gasteiger partial charge in [-0.2, -0.15) is 0 Å². The van der Waals surface area contributed by atoms with Gasteiger partial charge in [0.15, 0.2) is 0 Å². The summed E-state index contributed by atoms with van der Waals surface area (Å²) < 4.78 is 0. The Morgan fingerprint density at radius 1 is 1.47 bits per heavy atom. The molecule has 2 heterocycles. The Balaban J connectivity index is 1.82. The molecule has 1 aliphatic carbocycles. The van der Waals surface area contributed by atoms with E-state index in [1.807, 2.05) is 11.4 Å². The van der Waals surface area contributed by atoms with E-state index < -0.39 is 5.97 Å². The molecule has 3 atom stereocenters. The van der Waals surface area contributed by atoms with Crippen LogP contribution in [0, 0.1) is 5.92 Å². The predicted molar refractivity (Wildman–Crippen MR) is 76.7 cm³/mol. The lowest BCUT2D eigenvalue weighted by atomic mass is 9.85. The second-order valence-corrected chi connectivity index (χ2v) is 6.97. The highest BCUT2D eigenvalue weighted by molar-refractivity contribution is 7.10. The highest BCUT2D eigenvalue weighted by atomic mass is 35.5. The van der Waals surface area contributed by atoms with Crippen molar-refractivity contribution in [2.45, 2.75) is 50.7 Å². The predicted octanol–water partition coefficient (Wildman–Crippen LogP) is 3.62. The maximum absolute atomic E-state index is 11.5. The highest BCUT2D eigenvalue weighted by Crippen LogP contribution is 2.41. The number of rotatable bonds is 3. The molecule has 3 unspecified atom stereocenters. The lowest BCUT2D eigenvalue weighted by Gasteiger charge is -2.32. The Morgan fingerprint density at radius 3 is 2.95 bits per heavy atom. The second-order valence-electron chi connectivity index (χ2n) is 5.57. The van der Waals surface area contributed by atoms with Crippen molar-refractivity contribution < 1.29 is 9.90 Å². The summed E-state index contributed by atoms with van der Waals surface area (Å²) in [6, 6.07) is 2.01. The summed E-state index contributed by atoms with van der Waals surface area (Å²) in [6.45, 7) is 0.689. The van der Waals surface area contributed by atoms with Crippen molar-refractivity contribution in [3.63, 3.8) is 0 Å². The molecule has 0 radical (unpaired) electrons. The molecule has 0 aromatic carbocycles. The van der Waals surface area contributed by atoms with Gasteiger partial charge < -0.3 is 5.11 Å². The van der Waals surface area contributed by atoms with Crippen molar-refractivity contribution >= 4 is 28.9 Å². The molecule has 1 aromatic rings. The molecular formula is C14H18ClNO2S. The van der Waals surface area contributed by atoms with E-state index in [2.05, 4.69) is 4.90 Å². The number of carbonyl (C=O) groups is 1. The number of carboxylic acid groups (broad SMARTS) is 1. The van der Waals surface area contributed by atoms with E-state index in [1.165, 1.54) is 19.3 Å². The summed E-state index contributed by atoms with van der Waals surface area (Å²) in [5.41, 5.74) is 0. The topological polar surface area (TPSA) is 40.5 Å². The van der Waals surface area contributed by atoms with E-state index in [0.717, 1.165) is 22.7 Å². The maximum Gasteiger partial charge on any atom is 0.320 e. The van der Waals surface area contributed by atoms with Crippen LogP contribution in [-0.2, 0) is 11.3 Å². The van der Waals surface area contributed by atoms with E-state index >= 15 is 0 Å². The minimum absolute atomic E-state index is 0.328. The fraction of sp³-hybridized carbons (Fsp3) is 0.643. The first-order valence-electron chi connectivity index (χ1n) is 6.87. The van der Waals surface area contributed by atoms with Gasteiger partial charge in [-0.15, -0.1) is 11.3 Å². The number of aliphatic carboxylic acids is 1. The van der Waals surface area contributed by atoms with Crippen LogP contribution in [0.4, 0.5) is 0 Å². The van der Waals surface area contributed by atoms with Gasteiger partial charge in [-0.25, -0.2) is 0 Å². The lowest BCUT2D eigenvalue weighted by Crippen LogP contribution is -2.41. The molecule has 1 N–H and O–H groups in total. The third-order valence-corrected chi connectivity index (χ3v) is 5.90. The van der Waals surface area contributed by atoms with Crippen molar-refractivity contribution in [1.29, 1.82) is 0 Å². The molecular weight excluding hydrogens is 282 g/mol. The van der Waals surface area contributed by atoms with Crippen LogP contribution in [0.2, 0.25) is 5.02 Å². The summed E-state index contributed by atoms with van der Waals surface area (Å²) >= 11 is 7.78. The Hall–Kier alpha value is -0.580. The number of likely N-dealkylation sites (tertiary alicyclic amines) is 1. The van der Waals surface area contributed by atoms with E-state index in [-0.39, 0.29) is 6.04 Å². The van der Waals surface area contributed by atoms with Gasteiger partial charge in [0.05, 0.1) is 5.02 Å². The Labute approximate surface area is 122 Å². The summed E-state index contributed by atoms with van der Waals surface area (Å²) in [5.74, 6) is -0.115. The second kappa shape index (κ2) is 5.43. The fourth-order valence-electron chi connectivity index (χ4n) is 3.63. The van der Waals surface area contributed by atoms with Crippen LogP contribution in [0.3, 0.4) is 0 Å². The quantitative estimate of drug-likeness (QED) is 0.927. The average molecular weight is 300 g/mol. The van der Waals surface area contributed by atoms with Gasteiger partial charge in [-0.1, -0.05) is 24.4 Å². The van der Waals surface area contributed by atoms with Crippen LogP contribution in [0.1, 0.15) is 37.0 Å². The maximum atomic E-state index is 11.5. The van der Waals surface area contributed by atoms with Crippen molar-refractivity contribution in [2.24, 2.45) is 5.92 Å². The molecule has 1 saturated heterocycles. The van der Waals surface area contributed by atoms with Gasteiger partial charge in [0.25, 0.3) is 0 Å². The molecule has 1 aromatic heterocycles. The van der Waals surface area contributed by atoms with Crippen LogP contribution in [0.25, 0.3) is 0 Å². The van der Waals surface area contributed by atoms with E-state index in [0.29, 0.717) is 18.5 Å².